The quantitative estimate of drug-likeness (QED) is 0.626. The molecule has 0 N–H and O–H groups in total. The molecule has 0 saturated heterocycles. The van der Waals surface area contributed by atoms with Gasteiger partial charge in [0.25, 0.3) is 0 Å². The SMILES string of the molecule is CC(C)OC(=O)c1cc(-c2ccc(C(F)(F)F)cc2)ccc1C(C)C. The fraction of sp³-hybridized carbons (Fsp3) is 0.350. The van der Waals surface area contributed by atoms with Gasteiger partial charge in [0, 0.05) is 0 Å². The highest BCUT2D eigenvalue weighted by Crippen LogP contribution is 2.32. The Morgan fingerprint density at radius 2 is 1.48 bits per heavy atom. The predicted octanol–water partition coefficient (Wildman–Crippen LogP) is 6.06. The molecule has 0 atom stereocenters. The summed E-state index contributed by atoms with van der Waals surface area (Å²) in [5, 5.41) is 0. The fourth-order valence-electron chi connectivity index (χ4n) is 2.55. The molecule has 2 aromatic rings. The fourth-order valence-corrected chi connectivity index (χ4v) is 2.55. The lowest BCUT2D eigenvalue weighted by atomic mass is 9.93. The summed E-state index contributed by atoms with van der Waals surface area (Å²) in [5.41, 5.74) is 1.88. The molecule has 0 saturated carbocycles. The van der Waals surface area contributed by atoms with Gasteiger partial charge in [-0.1, -0.05) is 38.1 Å². The van der Waals surface area contributed by atoms with Crippen LogP contribution in [0.3, 0.4) is 0 Å². The number of alkyl halides is 3. The maximum absolute atomic E-state index is 12.7. The Hall–Kier alpha value is -2.30. The number of carbonyl (C=O) groups excluding carboxylic acids is 1. The van der Waals surface area contributed by atoms with E-state index in [0.29, 0.717) is 16.7 Å². The summed E-state index contributed by atoms with van der Waals surface area (Å²) in [4.78, 5) is 12.4. The number of hydrogen-bond donors (Lipinski definition) is 0. The van der Waals surface area contributed by atoms with Crippen molar-refractivity contribution >= 4 is 5.97 Å². The minimum Gasteiger partial charge on any atom is -0.459 e. The zero-order valence-corrected chi connectivity index (χ0v) is 14.6. The van der Waals surface area contributed by atoms with Gasteiger partial charge in [-0.25, -0.2) is 4.79 Å². The molecule has 0 aromatic heterocycles. The summed E-state index contributed by atoms with van der Waals surface area (Å²) in [7, 11) is 0. The number of esters is 1. The number of halogens is 3. The van der Waals surface area contributed by atoms with Gasteiger partial charge in [0.05, 0.1) is 17.2 Å². The van der Waals surface area contributed by atoms with E-state index in [1.54, 1.807) is 19.9 Å². The molecule has 0 aliphatic rings. The number of benzene rings is 2. The van der Waals surface area contributed by atoms with E-state index < -0.39 is 17.7 Å². The summed E-state index contributed by atoms with van der Waals surface area (Å²) in [6.45, 7) is 7.48. The number of rotatable bonds is 4. The lowest BCUT2D eigenvalue weighted by Crippen LogP contribution is -2.14. The van der Waals surface area contributed by atoms with Crippen LogP contribution in [0.25, 0.3) is 11.1 Å². The maximum Gasteiger partial charge on any atom is 0.416 e. The summed E-state index contributed by atoms with van der Waals surface area (Å²) in [6.07, 6.45) is -4.62. The second-order valence-corrected chi connectivity index (χ2v) is 6.49. The molecule has 0 bridgehead atoms. The molecule has 5 heteroatoms. The minimum absolute atomic E-state index is 0.122. The van der Waals surface area contributed by atoms with Crippen LogP contribution in [-0.4, -0.2) is 12.1 Å². The van der Waals surface area contributed by atoms with Crippen molar-refractivity contribution in [1.82, 2.24) is 0 Å². The Morgan fingerprint density at radius 1 is 0.920 bits per heavy atom. The smallest absolute Gasteiger partial charge is 0.416 e. The third kappa shape index (κ3) is 4.62. The van der Waals surface area contributed by atoms with Crippen LogP contribution in [0.1, 0.15) is 55.1 Å². The maximum atomic E-state index is 12.7. The molecule has 0 aliphatic heterocycles. The molecule has 0 fully saturated rings. The largest absolute Gasteiger partial charge is 0.459 e. The van der Waals surface area contributed by atoms with E-state index in [0.717, 1.165) is 17.7 Å². The summed E-state index contributed by atoms with van der Waals surface area (Å²) in [6, 6.07) is 10.2. The van der Waals surface area contributed by atoms with E-state index in [4.69, 9.17) is 4.74 Å². The van der Waals surface area contributed by atoms with E-state index in [1.165, 1.54) is 12.1 Å². The van der Waals surface area contributed by atoms with E-state index in [9.17, 15) is 18.0 Å². The first-order valence-corrected chi connectivity index (χ1v) is 8.12. The van der Waals surface area contributed by atoms with E-state index in [2.05, 4.69) is 0 Å². The van der Waals surface area contributed by atoms with Crippen molar-refractivity contribution < 1.29 is 22.7 Å². The van der Waals surface area contributed by atoms with Crippen molar-refractivity contribution in [2.75, 3.05) is 0 Å². The van der Waals surface area contributed by atoms with Crippen molar-refractivity contribution in [2.45, 2.75) is 45.9 Å². The van der Waals surface area contributed by atoms with E-state index in [-0.39, 0.29) is 12.0 Å². The van der Waals surface area contributed by atoms with Crippen LogP contribution in [0.2, 0.25) is 0 Å². The van der Waals surface area contributed by atoms with Gasteiger partial charge in [0.1, 0.15) is 0 Å². The molecule has 0 heterocycles. The summed E-state index contributed by atoms with van der Waals surface area (Å²) >= 11 is 0. The van der Waals surface area contributed by atoms with Crippen molar-refractivity contribution in [3.8, 4) is 11.1 Å². The van der Waals surface area contributed by atoms with Crippen LogP contribution in [0.4, 0.5) is 13.2 Å². The molecule has 25 heavy (non-hydrogen) atoms. The van der Waals surface area contributed by atoms with Gasteiger partial charge in [-0.15, -0.1) is 0 Å². The molecule has 0 unspecified atom stereocenters. The zero-order valence-electron chi connectivity index (χ0n) is 14.6. The van der Waals surface area contributed by atoms with Crippen LogP contribution < -0.4 is 0 Å². The molecule has 134 valence electrons. The highest BCUT2D eigenvalue weighted by Gasteiger charge is 2.30. The summed E-state index contributed by atoms with van der Waals surface area (Å²) < 4.78 is 43.4. The molecular formula is C20H21F3O2. The molecule has 2 nitrogen and oxygen atoms in total. The van der Waals surface area contributed by atoms with Crippen LogP contribution in [-0.2, 0) is 10.9 Å². The normalized spacial score (nSPS) is 11.9. The lowest BCUT2D eigenvalue weighted by molar-refractivity contribution is -0.137. The standard InChI is InChI=1S/C20H21F3O2/c1-12(2)17-10-7-15(11-18(17)19(24)25-13(3)4)14-5-8-16(9-6-14)20(21,22)23/h5-13H,1-4H3. The number of hydrogen-bond acceptors (Lipinski definition) is 2. The minimum atomic E-state index is -4.37. The number of carbonyl (C=O) groups is 1. The van der Waals surface area contributed by atoms with Crippen LogP contribution >= 0.6 is 0 Å². The van der Waals surface area contributed by atoms with Crippen molar-refractivity contribution in [3.63, 3.8) is 0 Å². The summed E-state index contributed by atoms with van der Waals surface area (Å²) in [5.74, 6) is -0.302. The molecule has 2 rings (SSSR count). The van der Waals surface area contributed by atoms with Gasteiger partial charge in [0.2, 0.25) is 0 Å². The number of ether oxygens (including phenoxy) is 1. The average molecular weight is 350 g/mol. The highest BCUT2D eigenvalue weighted by atomic mass is 19.4. The first-order chi connectivity index (χ1) is 11.6. The molecular weight excluding hydrogens is 329 g/mol. The Bertz CT molecular complexity index is 745. The van der Waals surface area contributed by atoms with Crippen molar-refractivity contribution in [3.05, 3.63) is 59.2 Å². The molecule has 0 spiro atoms. The van der Waals surface area contributed by atoms with Gasteiger partial charge < -0.3 is 4.74 Å². The topological polar surface area (TPSA) is 26.3 Å². The van der Waals surface area contributed by atoms with Crippen LogP contribution in [0.15, 0.2) is 42.5 Å². The third-order valence-electron chi connectivity index (χ3n) is 3.78. The van der Waals surface area contributed by atoms with Crippen molar-refractivity contribution in [2.24, 2.45) is 0 Å². The van der Waals surface area contributed by atoms with Crippen LogP contribution in [0, 0.1) is 0 Å². The predicted molar refractivity (Wildman–Crippen MR) is 91.5 cm³/mol. The van der Waals surface area contributed by atoms with Gasteiger partial charge >= 0.3 is 12.1 Å². The van der Waals surface area contributed by atoms with E-state index >= 15 is 0 Å². The van der Waals surface area contributed by atoms with Gasteiger partial charge in [0.15, 0.2) is 0 Å². The van der Waals surface area contributed by atoms with Crippen LogP contribution in [0.5, 0.6) is 0 Å². The average Bonchev–Trinajstić information content (AvgIpc) is 2.53. The van der Waals surface area contributed by atoms with Gasteiger partial charge in [-0.05, 0) is 54.7 Å². The Labute approximate surface area is 145 Å². The molecule has 0 radical (unpaired) electrons. The highest BCUT2D eigenvalue weighted by molar-refractivity contribution is 5.93. The Kier molecular flexibility index (Phi) is 5.55. The third-order valence-corrected chi connectivity index (χ3v) is 3.78. The lowest BCUT2D eigenvalue weighted by Gasteiger charge is -2.16. The van der Waals surface area contributed by atoms with Crippen molar-refractivity contribution in [1.29, 1.82) is 0 Å². The molecule has 2 aromatic carbocycles. The zero-order chi connectivity index (χ0) is 18.8. The van der Waals surface area contributed by atoms with Gasteiger partial charge in [-0.2, -0.15) is 13.2 Å². The second kappa shape index (κ2) is 7.30. The monoisotopic (exact) mass is 350 g/mol. The molecule has 0 aliphatic carbocycles. The Balaban J connectivity index is 2.44. The van der Waals surface area contributed by atoms with E-state index in [1.807, 2.05) is 26.0 Å². The Morgan fingerprint density at radius 3 is 1.96 bits per heavy atom. The first kappa shape index (κ1) is 19.0. The first-order valence-electron chi connectivity index (χ1n) is 8.12. The molecule has 0 amide bonds. The second-order valence-electron chi connectivity index (χ2n) is 6.49. The van der Waals surface area contributed by atoms with Gasteiger partial charge in [-0.3, -0.25) is 0 Å².